The fraction of sp³-hybridized carbons (Fsp3) is 0.350. The van der Waals surface area contributed by atoms with Crippen molar-refractivity contribution in [2.45, 2.75) is 25.9 Å². The second-order valence-electron chi connectivity index (χ2n) is 6.70. The van der Waals surface area contributed by atoms with Gasteiger partial charge in [-0.2, -0.15) is 0 Å². The molecule has 3 aromatic heterocycles. The summed E-state index contributed by atoms with van der Waals surface area (Å²) in [5, 5.41) is 9.50. The number of aliphatic imine (C=N–C) groups is 1. The summed E-state index contributed by atoms with van der Waals surface area (Å²) >= 11 is 7.89. The number of halogens is 2. The van der Waals surface area contributed by atoms with Crippen molar-refractivity contribution in [3.05, 3.63) is 52.8 Å². The highest BCUT2D eigenvalue weighted by Gasteiger charge is 2.25. The molecule has 4 rings (SSSR count). The lowest BCUT2D eigenvalue weighted by Crippen LogP contribution is -2.44. The lowest BCUT2D eigenvalue weighted by atomic mass is 10.3. The number of rotatable bonds is 6. The molecular formula is C20H24ClIN6OS. The third kappa shape index (κ3) is 5.64. The van der Waals surface area contributed by atoms with E-state index in [0.717, 1.165) is 48.4 Å². The fourth-order valence-corrected chi connectivity index (χ4v) is 4.14. The molecule has 2 N–H and O–H groups in total. The summed E-state index contributed by atoms with van der Waals surface area (Å²) in [6.07, 6.45) is 4.43. The molecule has 4 heterocycles. The Hall–Kier alpha value is -1.85. The number of hydrogen-bond acceptors (Lipinski definition) is 6. The van der Waals surface area contributed by atoms with Gasteiger partial charge in [-0.25, -0.2) is 15.0 Å². The van der Waals surface area contributed by atoms with E-state index in [9.17, 15) is 0 Å². The molecule has 1 saturated heterocycles. The molecule has 0 amide bonds. The Morgan fingerprint density at radius 1 is 1.40 bits per heavy atom. The van der Waals surface area contributed by atoms with Crippen molar-refractivity contribution in [1.82, 2.24) is 20.6 Å². The zero-order valence-corrected chi connectivity index (χ0v) is 20.4. The van der Waals surface area contributed by atoms with Crippen molar-refractivity contribution in [3.8, 4) is 10.8 Å². The average molecular weight is 559 g/mol. The van der Waals surface area contributed by atoms with Gasteiger partial charge in [-0.3, -0.25) is 0 Å². The van der Waals surface area contributed by atoms with Crippen LogP contribution in [-0.2, 0) is 6.54 Å². The van der Waals surface area contributed by atoms with Crippen LogP contribution in [0.5, 0.6) is 0 Å². The molecule has 0 aromatic carbocycles. The monoisotopic (exact) mass is 558 g/mol. The first-order chi connectivity index (χ1) is 14.2. The van der Waals surface area contributed by atoms with Gasteiger partial charge in [0.05, 0.1) is 16.4 Å². The standard InChI is InChI=1S/C20H23ClN6OS.HI/c1-2-22-20(24-11-15-13-28-19(25-15)17-6-4-10-29-17)26-14-7-9-27(12-14)18-16(21)5-3-8-23-18;/h3-6,8,10,13-14H,2,7,9,11-12H2,1H3,(H2,22,24,26);1H. The Labute approximate surface area is 202 Å². The zero-order chi connectivity index (χ0) is 20.1. The molecule has 10 heteroatoms. The van der Waals surface area contributed by atoms with Gasteiger partial charge in [0.1, 0.15) is 17.8 Å². The number of anilines is 1. The first-order valence-electron chi connectivity index (χ1n) is 9.61. The molecule has 1 atom stereocenters. The highest BCUT2D eigenvalue weighted by molar-refractivity contribution is 14.0. The highest BCUT2D eigenvalue weighted by atomic mass is 127. The highest BCUT2D eigenvalue weighted by Crippen LogP contribution is 2.26. The predicted octanol–water partition coefficient (Wildman–Crippen LogP) is 4.40. The van der Waals surface area contributed by atoms with E-state index in [1.54, 1.807) is 23.8 Å². The number of nitrogens with one attached hydrogen (secondary N) is 2. The molecule has 0 saturated carbocycles. The van der Waals surface area contributed by atoms with Gasteiger partial charge in [0.15, 0.2) is 5.96 Å². The number of thiophene rings is 1. The molecular weight excluding hydrogens is 535 g/mol. The molecule has 1 fully saturated rings. The minimum absolute atomic E-state index is 0. The first kappa shape index (κ1) is 22.8. The molecule has 1 aliphatic rings. The number of pyridine rings is 1. The lowest BCUT2D eigenvalue weighted by molar-refractivity contribution is 0.574. The van der Waals surface area contributed by atoms with Gasteiger partial charge in [0, 0.05) is 31.9 Å². The van der Waals surface area contributed by atoms with Crippen molar-refractivity contribution >= 4 is 58.7 Å². The van der Waals surface area contributed by atoms with Crippen molar-refractivity contribution < 1.29 is 4.42 Å². The summed E-state index contributed by atoms with van der Waals surface area (Å²) in [5.41, 5.74) is 0.805. The van der Waals surface area contributed by atoms with Crippen molar-refractivity contribution in [2.75, 3.05) is 24.5 Å². The van der Waals surface area contributed by atoms with Crippen LogP contribution in [-0.4, -0.2) is 41.6 Å². The molecule has 3 aromatic rings. The molecule has 160 valence electrons. The van der Waals surface area contributed by atoms with Gasteiger partial charge >= 0.3 is 0 Å². The SMILES string of the molecule is CCNC(=NCc1coc(-c2cccs2)n1)NC1CCN(c2ncccc2Cl)C1.I. The summed E-state index contributed by atoms with van der Waals surface area (Å²) in [6.45, 7) is 5.02. The van der Waals surface area contributed by atoms with Crippen molar-refractivity contribution in [2.24, 2.45) is 4.99 Å². The van der Waals surface area contributed by atoms with Crippen molar-refractivity contribution in [1.29, 1.82) is 0 Å². The van der Waals surface area contributed by atoms with Crippen LogP contribution in [0.2, 0.25) is 5.02 Å². The second-order valence-corrected chi connectivity index (χ2v) is 8.06. The van der Waals surface area contributed by atoms with Crippen LogP contribution in [0.25, 0.3) is 10.8 Å². The van der Waals surface area contributed by atoms with Gasteiger partial charge < -0.3 is 20.0 Å². The van der Waals surface area contributed by atoms with Crippen LogP contribution < -0.4 is 15.5 Å². The summed E-state index contributed by atoms with van der Waals surface area (Å²) in [4.78, 5) is 16.8. The fourth-order valence-electron chi connectivity index (χ4n) is 3.25. The Morgan fingerprint density at radius 3 is 3.07 bits per heavy atom. The average Bonchev–Trinajstić information content (AvgIpc) is 3.48. The third-order valence-corrected chi connectivity index (χ3v) is 5.75. The molecule has 1 unspecified atom stereocenters. The van der Waals surface area contributed by atoms with E-state index in [4.69, 9.17) is 16.0 Å². The quantitative estimate of drug-likeness (QED) is 0.265. The van der Waals surface area contributed by atoms with E-state index in [2.05, 4.69) is 37.4 Å². The van der Waals surface area contributed by atoms with Gasteiger partial charge in [-0.1, -0.05) is 17.7 Å². The van der Waals surface area contributed by atoms with Crippen molar-refractivity contribution in [3.63, 3.8) is 0 Å². The summed E-state index contributed by atoms with van der Waals surface area (Å²) in [5.74, 6) is 2.25. The topological polar surface area (TPSA) is 78.6 Å². The summed E-state index contributed by atoms with van der Waals surface area (Å²) in [7, 11) is 0. The van der Waals surface area contributed by atoms with Crippen LogP contribution >= 0.6 is 46.9 Å². The van der Waals surface area contributed by atoms with Gasteiger partial charge in [-0.15, -0.1) is 35.3 Å². The number of nitrogens with zero attached hydrogens (tertiary/aromatic N) is 4. The van der Waals surface area contributed by atoms with Gasteiger partial charge in [-0.05, 0) is 36.9 Å². The molecule has 30 heavy (non-hydrogen) atoms. The van der Waals surface area contributed by atoms with Crippen LogP contribution in [0.15, 0.2) is 51.5 Å². The molecule has 0 spiro atoms. The molecule has 0 aliphatic carbocycles. The van der Waals surface area contributed by atoms with E-state index in [0.29, 0.717) is 17.5 Å². The maximum absolute atomic E-state index is 6.29. The van der Waals surface area contributed by atoms with Crippen LogP contribution in [0.1, 0.15) is 19.0 Å². The predicted molar refractivity (Wildman–Crippen MR) is 133 cm³/mol. The minimum Gasteiger partial charge on any atom is -0.443 e. The smallest absolute Gasteiger partial charge is 0.236 e. The lowest BCUT2D eigenvalue weighted by Gasteiger charge is -2.20. The second kappa shape index (κ2) is 11.0. The third-order valence-electron chi connectivity index (χ3n) is 4.59. The Balaban J connectivity index is 0.00000256. The number of aromatic nitrogens is 2. The van der Waals surface area contributed by atoms with E-state index in [-0.39, 0.29) is 30.0 Å². The van der Waals surface area contributed by atoms with Crippen LogP contribution in [0, 0.1) is 0 Å². The maximum atomic E-state index is 6.29. The van der Waals surface area contributed by atoms with E-state index < -0.39 is 0 Å². The van der Waals surface area contributed by atoms with E-state index in [1.807, 2.05) is 29.6 Å². The van der Waals surface area contributed by atoms with Crippen LogP contribution in [0.3, 0.4) is 0 Å². The normalized spacial score (nSPS) is 16.4. The van der Waals surface area contributed by atoms with Gasteiger partial charge in [0.25, 0.3) is 0 Å². The minimum atomic E-state index is 0. The molecule has 7 nitrogen and oxygen atoms in total. The summed E-state index contributed by atoms with van der Waals surface area (Å²) in [6, 6.07) is 7.97. The van der Waals surface area contributed by atoms with E-state index >= 15 is 0 Å². The molecule has 0 bridgehead atoms. The maximum Gasteiger partial charge on any atom is 0.236 e. The molecule has 1 aliphatic heterocycles. The van der Waals surface area contributed by atoms with Crippen LogP contribution in [0.4, 0.5) is 5.82 Å². The number of hydrogen-bond donors (Lipinski definition) is 2. The number of guanidine groups is 1. The Bertz CT molecular complexity index is 964. The first-order valence-corrected chi connectivity index (χ1v) is 10.9. The Kier molecular flexibility index (Phi) is 8.34. The largest absolute Gasteiger partial charge is 0.443 e. The molecule has 0 radical (unpaired) electrons. The van der Waals surface area contributed by atoms with E-state index in [1.165, 1.54) is 0 Å². The van der Waals surface area contributed by atoms with Gasteiger partial charge in [0.2, 0.25) is 5.89 Å². The Morgan fingerprint density at radius 2 is 2.30 bits per heavy atom. The number of oxazole rings is 1. The zero-order valence-electron chi connectivity index (χ0n) is 16.5. The summed E-state index contributed by atoms with van der Waals surface area (Å²) < 4.78 is 5.57.